The molecule has 8 nitrogen and oxygen atoms in total. The predicted octanol–water partition coefficient (Wildman–Crippen LogP) is 1.01. The first-order valence-electron chi connectivity index (χ1n) is 8.58. The number of fused-ring (bicyclic) bond motifs is 1. The molecule has 0 radical (unpaired) electrons. The molecule has 0 N–H and O–H groups in total. The summed E-state index contributed by atoms with van der Waals surface area (Å²) in [5, 5.41) is 0. The van der Waals surface area contributed by atoms with Crippen molar-refractivity contribution in [2.45, 2.75) is 56.6 Å². The zero-order valence-corrected chi connectivity index (χ0v) is 15.3. The Labute approximate surface area is 155 Å². The topological polar surface area (TPSA) is 105 Å². The van der Waals surface area contributed by atoms with E-state index in [1.165, 1.54) is 13.8 Å². The number of alkyl halides is 1. The van der Waals surface area contributed by atoms with Crippen molar-refractivity contribution < 1.29 is 42.5 Å². The molecule has 1 saturated heterocycles. The molecule has 27 heavy (non-hydrogen) atoms. The standard InChI is InChI=1S/C18H21FO8/c1-8(2)14(21)27-17(3,15(22)24-4)7-11(20)25-12-9-5-10-13(12)26-16(23)18(10,19)6-9/h9-10,12-13H,1,5-7H2,2-4H3. The van der Waals surface area contributed by atoms with E-state index in [9.17, 15) is 23.6 Å². The Hall–Kier alpha value is -2.45. The second kappa shape index (κ2) is 6.31. The maximum atomic E-state index is 14.6. The van der Waals surface area contributed by atoms with Crippen LogP contribution < -0.4 is 0 Å². The van der Waals surface area contributed by atoms with Gasteiger partial charge in [-0.3, -0.25) is 4.79 Å². The van der Waals surface area contributed by atoms with Crippen LogP contribution in [0, 0.1) is 11.8 Å². The summed E-state index contributed by atoms with van der Waals surface area (Å²) in [6, 6.07) is 0. The molecule has 9 heteroatoms. The molecule has 3 aliphatic rings. The minimum atomic E-state index is -1.99. The van der Waals surface area contributed by atoms with E-state index in [1.807, 2.05) is 0 Å². The van der Waals surface area contributed by atoms with Gasteiger partial charge in [0, 0.05) is 17.4 Å². The van der Waals surface area contributed by atoms with Crippen LogP contribution in [0.4, 0.5) is 4.39 Å². The fourth-order valence-corrected chi connectivity index (χ4v) is 4.17. The third kappa shape index (κ3) is 2.98. The highest BCUT2D eigenvalue weighted by molar-refractivity contribution is 5.93. The lowest BCUT2D eigenvalue weighted by atomic mass is 9.85. The summed E-state index contributed by atoms with van der Waals surface area (Å²) >= 11 is 0. The highest BCUT2D eigenvalue weighted by atomic mass is 19.1. The van der Waals surface area contributed by atoms with E-state index in [-0.39, 0.29) is 17.9 Å². The fourth-order valence-electron chi connectivity index (χ4n) is 4.17. The molecule has 0 amide bonds. The van der Waals surface area contributed by atoms with Gasteiger partial charge in [-0.05, 0) is 26.7 Å². The van der Waals surface area contributed by atoms with Crippen molar-refractivity contribution in [1.29, 1.82) is 0 Å². The van der Waals surface area contributed by atoms with Gasteiger partial charge in [0.2, 0.25) is 11.3 Å². The lowest BCUT2D eigenvalue weighted by Gasteiger charge is -2.29. The summed E-state index contributed by atoms with van der Waals surface area (Å²) in [5.41, 5.74) is -3.85. The van der Waals surface area contributed by atoms with Crippen LogP contribution in [0.3, 0.4) is 0 Å². The van der Waals surface area contributed by atoms with Crippen molar-refractivity contribution in [3.05, 3.63) is 12.2 Å². The molecule has 1 aliphatic heterocycles. The molecule has 3 fully saturated rings. The van der Waals surface area contributed by atoms with E-state index >= 15 is 0 Å². The Morgan fingerprint density at radius 2 is 2.07 bits per heavy atom. The number of carbonyl (C=O) groups excluding carboxylic acids is 4. The first-order chi connectivity index (χ1) is 12.5. The Kier molecular flexibility index (Phi) is 4.52. The summed E-state index contributed by atoms with van der Waals surface area (Å²) in [7, 11) is 1.09. The van der Waals surface area contributed by atoms with Crippen molar-refractivity contribution in [3.63, 3.8) is 0 Å². The van der Waals surface area contributed by atoms with Crippen LogP contribution in [0.5, 0.6) is 0 Å². The van der Waals surface area contributed by atoms with Gasteiger partial charge in [-0.15, -0.1) is 0 Å². The Morgan fingerprint density at radius 1 is 1.41 bits per heavy atom. The van der Waals surface area contributed by atoms with E-state index in [4.69, 9.17) is 14.2 Å². The number of carbonyl (C=O) groups is 4. The molecule has 6 atom stereocenters. The van der Waals surface area contributed by atoms with Gasteiger partial charge < -0.3 is 18.9 Å². The third-order valence-corrected chi connectivity index (χ3v) is 5.50. The van der Waals surface area contributed by atoms with Gasteiger partial charge >= 0.3 is 23.9 Å². The van der Waals surface area contributed by atoms with E-state index in [1.54, 1.807) is 0 Å². The molecule has 148 valence electrons. The average Bonchev–Trinajstić information content (AvgIpc) is 3.14. The summed E-state index contributed by atoms with van der Waals surface area (Å²) in [6.45, 7) is 6.05. The molecule has 0 spiro atoms. The summed E-state index contributed by atoms with van der Waals surface area (Å²) in [4.78, 5) is 48.0. The number of esters is 4. The first kappa shape index (κ1) is 19.3. The number of methoxy groups -OCH3 is 1. The lowest BCUT2D eigenvalue weighted by molar-refractivity contribution is -0.184. The van der Waals surface area contributed by atoms with E-state index in [0.29, 0.717) is 6.42 Å². The molecule has 1 heterocycles. The second-order valence-electron chi connectivity index (χ2n) is 7.56. The maximum absolute atomic E-state index is 14.6. The normalized spacial score (nSPS) is 35.2. The highest BCUT2D eigenvalue weighted by Crippen LogP contribution is 2.59. The molecule has 3 rings (SSSR count). The predicted molar refractivity (Wildman–Crippen MR) is 85.8 cm³/mol. The maximum Gasteiger partial charge on any atom is 0.350 e. The molecule has 0 aromatic heterocycles. The van der Waals surface area contributed by atoms with Gasteiger partial charge in [0.25, 0.3) is 0 Å². The van der Waals surface area contributed by atoms with Crippen molar-refractivity contribution in [2.24, 2.45) is 11.8 Å². The van der Waals surface area contributed by atoms with Crippen molar-refractivity contribution >= 4 is 23.9 Å². The van der Waals surface area contributed by atoms with Gasteiger partial charge in [-0.1, -0.05) is 6.58 Å². The summed E-state index contributed by atoms with van der Waals surface area (Å²) in [6.07, 6.45) is -1.87. The monoisotopic (exact) mass is 384 g/mol. The molecule has 2 aliphatic carbocycles. The van der Waals surface area contributed by atoms with Crippen molar-refractivity contribution in [1.82, 2.24) is 0 Å². The third-order valence-electron chi connectivity index (χ3n) is 5.50. The molecule has 2 bridgehead atoms. The quantitative estimate of drug-likeness (QED) is 0.380. The van der Waals surface area contributed by atoms with Gasteiger partial charge in [0.05, 0.1) is 13.5 Å². The smallest absolute Gasteiger partial charge is 0.350 e. The number of hydrogen-bond acceptors (Lipinski definition) is 8. The minimum Gasteiger partial charge on any atom is -0.466 e. The molecule has 6 unspecified atom stereocenters. The van der Waals surface area contributed by atoms with E-state index in [2.05, 4.69) is 11.3 Å². The van der Waals surface area contributed by atoms with Crippen LogP contribution >= 0.6 is 0 Å². The molecular formula is C18H21FO8. The largest absolute Gasteiger partial charge is 0.466 e. The van der Waals surface area contributed by atoms with Crippen molar-refractivity contribution in [3.8, 4) is 0 Å². The van der Waals surface area contributed by atoms with Crippen LogP contribution in [0.25, 0.3) is 0 Å². The average molecular weight is 384 g/mol. The summed E-state index contributed by atoms with van der Waals surface area (Å²) < 4.78 is 34.8. The van der Waals surface area contributed by atoms with Crippen molar-refractivity contribution in [2.75, 3.05) is 7.11 Å². The van der Waals surface area contributed by atoms with Gasteiger partial charge in [-0.2, -0.15) is 0 Å². The van der Waals surface area contributed by atoms with Crippen LogP contribution in [0.15, 0.2) is 12.2 Å². The van der Waals surface area contributed by atoms with E-state index < -0.39 is 59.7 Å². The lowest BCUT2D eigenvalue weighted by Crippen LogP contribution is -2.46. The van der Waals surface area contributed by atoms with Gasteiger partial charge in [0.1, 0.15) is 12.2 Å². The fraction of sp³-hybridized carbons (Fsp3) is 0.667. The SMILES string of the molecule is C=C(C)C(=O)OC(C)(CC(=O)OC1C2CC3C1OC(=O)C3(F)C2)C(=O)OC. The second-order valence-corrected chi connectivity index (χ2v) is 7.56. The highest BCUT2D eigenvalue weighted by Gasteiger charge is 2.72. The van der Waals surface area contributed by atoms with Gasteiger partial charge in [-0.25, -0.2) is 18.8 Å². The molecule has 0 aromatic carbocycles. The Morgan fingerprint density at radius 3 is 2.67 bits per heavy atom. The van der Waals surface area contributed by atoms with Crippen LogP contribution in [0.1, 0.15) is 33.1 Å². The summed E-state index contributed by atoms with van der Waals surface area (Å²) in [5.74, 6) is -4.50. The van der Waals surface area contributed by atoms with E-state index in [0.717, 1.165) is 7.11 Å². The molecule has 2 saturated carbocycles. The first-order valence-corrected chi connectivity index (χ1v) is 8.58. The number of halogens is 1. The Bertz CT molecular complexity index is 733. The Balaban J connectivity index is 1.69. The zero-order valence-electron chi connectivity index (χ0n) is 15.3. The molecular weight excluding hydrogens is 363 g/mol. The minimum absolute atomic E-state index is 0.0451. The molecule has 0 aromatic rings. The van der Waals surface area contributed by atoms with Crippen LogP contribution in [-0.4, -0.2) is 54.5 Å². The van der Waals surface area contributed by atoms with Crippen LogP contribution in [-0.2, 0) is 38.1 Å². The van der Waals surface area contributed by atoms with Crippen LogP contribution in [0.2, 0.25) is 0 Å². The zero-order chi connectivity index (χ0) is 20.1. The van der Waals surface area contributed by atoms with Gasteiger partial charge in [0.15, 0.2) is 0 Å². The number of hydrogen-bond donors (Lipinski definition) is 0. The number of rotatable bonds is 6. The number of ether oxygens (including phenoxy) is 4.